The lowest BCUT2D eigenvalue weighted by atomic mass is 10.2. The summed E-state index contributed by atoms with van der Waals surface area (Å²) in [7, 11) is 1.34. The fourth-order valence-corrected chi connectivity index (χ4v) is 1.59. The van der Waals surface area contributed by atoms with Crippen molar-refractivity contribution < 1.29 is 14.6 Å². The largest absolute Gasteiger partial charge is 0.465 e. The van der Waals surface area contributed by atoms with Crippen LogP contribution in [0.1, 0.15) is 10.4 Å². The maximum Gasteiger partial charge on any atom is 0.337 e. The minimum Gasteiger partial charge on any atom is -0.465 e. The van der Waals surface area contributed by atoms with Crippen LogP contribution in [0, 0.1) is 0 Å². The van der Waals surface area contributed by atoms with Gasteiger partial charge >= 0.3 is 5.97 Å². The van der Waals surface area contributed by atoms with Crippen molar-refractivity contribution >= 4 is 17.0 Å². The van der Waals surface area contributed by atoms with Gasteiger partial charge in [-0.15, -0.1) is 0 Å². The highest BCUT2D eigenvalue weighted by Crippen LogP contribution is 2.15. The number of aliphatic hydroxyl groups is 1. The average molecular weight is 220 g/mol. The maximum absolute atomic E-state index is 11.3. The van der Waals surface area contributed by atoms with E-state index in [1.54, 1.807) is 29.1 Å². The van der Waals surface area contributed by atoms with Crippen molar-refractivity contribution in [3.8, 4) is 0 Å². The summed E-state index contributed by atoms with van der Waals surface area (Å²) in [6.45, 7) is 0.495. The van der Waals surface area contributed by atoms with Gasteiger partial charge in [0.1, 0.15) is 0 Å². The number of fused-ring (bicyclic) bond motifs is 1. The number of hydrogen-bond acceptors (Lipinski definition) is 4. The van der Waals surface area contributed by atoms with Crippen molar-refractivity contribution in [2.24, 2.45) is 0 Å². The number of rotatable bonds is 3. The first-order valence-corrected chi connectivity index (χ1v) is 4.90. The van der Waals surface area contributed by atoms with Crippen molar-refractivity contribution in [3.63, 3.8) is 0 Å². The van der Waals surface area contributed by atoms with Crippen LogP contribution in [0.25, 0.3) is 11.0 Å². The zero-order valence-electron chi connectivity index (χ0n) is 8.88. The molecule has 0 aliphatic heterocycles. The van der Waals surface area contributed by atoms with Crippen LogP contribution in [0.3, 0.4) is 0 Å². The van der Waals surface area contributed by atoms with E-state index in [0.717, 1.165) is 11.0 Å². The monoisotopic (exact) mass is 220 g/mol. The molecule has 0 saturated heterocycles. The third kappa shape index (κ3) is 1.77. The van der Waals surface area contributed by atoms with E-state index in [1.807, 2.05) is 0 Å². The molecule has 0 unspecified atom stereocenters. The van der Waals surface area contributed by atoms with Crippen LogP contribution < -0.4 is 0 Å². The van der Waals surface area contributed by atoms with Crippen LogP contribution in [-0.4, -0.2) is 34.3 Å². The molecule has 0 amide bonds. The van der Waals surface area contributed by atoms with Gasteiger partial charge in [0.05, 0.1) is 36.6 Å². The first-order valence-electron chi connectivity index (χ1n) is 4.90. The third-order valence-corrected chi connectivity index (χ3v) is 2.38. The molecule has 0 radical (unpaired) electrons. The summed E-state index contributed by atoms with van der Waals surface area (Å²) in [5.41, 5.74) is 2.09. The molecule has 0 spiro atoms. The number of ether oxygens (including phenoxy) is 1. The van der Waals surface area contributed by atoms with E-state index in [2.05, 4.69) is 9.72 Å². The van der Waals surface area contributed by atoms with Crippen LogP contribution in [-0.2, 0) is 11.3 Å². The Labute approximate surface area is 92.3 Å². The molecule has 2 aromatic rings. The Hall–Kier alpha value is -1.88. The molecule has 5 heteroatoms. The molecule has 1 N–H and O–H groups in total. The molecule has 0 bridgehead atoms. The van der Waals surface area contributed by atoms with Gasteiger partial charge in [0.2, 0.25) is 0 Å². The van der Waals surface area contributed by atoms with E-state index < -0.39 is 0 Å². The molecule has 1 aromatic carbocycles. The smallest absolute Gasteiger partial charge is 0.337 e. The van der Waals surface area contributed by atoms with Crippen LogP contribution in [0.5, 0.6) is 0 Å². The Morgan fingerprint density at radius 3 is 3.06 bits per heavy atom. The second-order valence-electron chi connectivity index (χ2n) is 3.36. The third-order valence-electron chi connectivity index (χ3n) is 2.38. The first kappa shape index (κ1) is 10.6. The molecule has 5 nitrogen and oxygen atoms in total. The Morgan fingerprint density at radius 1 is 1.56 bits per heavy atom. The number of aromatic nitrogens is 2. The van der Waals surface area contributed by atoms with Gasteiger partial charge < -0.3 is 14.4 Å². The Kier molecular flexibility index (Phi) is 2.87. The van der Waals surface area contributed by atoms with E-state index in [4.69, 9.17) is 5.11 Å². The second kappa shape index (κ2) is 4.32. The Morgan fingerprint density at radius 2 is 2.38 bits per heavy atom. The number of esters is 1. The summed E-state index contributed by atoms with van der Waals surface area (Å²) < 4.78 is 6.44. The maximum atomic E-state index is 11.3. The standard InChI is InChI=1S/C11H12N2O3/c1-16-11(15)8-2-3-9-10(6-8)13(4-5-14)7-12-9/h2-3,6-7,14H,4-5H2,1H3. The number of nitrogens with zero attached hydrogens (tertiary/aromatic N) is 2. The predicted octanol–water partition coefficient (Wildman–Crippen LogP) is 0.815. The van der Waals surface area contributed by atoms with Crippen LogP contribution in [0.4, 0.5) is 0 Å². The topological polar surface area (TPSA) is 64.3 Å². The quantitative estimate of drug-likeness (QED) is 0.777. The van der Waals surface area contributed by atoms with E-state index in [-0.39, 0.29) is 12.6 Å². The molecule has 1 aromatic heterocycles. The summed E-state index contributed by atoms with van der Waals surface area (Å²) in [6, 6.07) is 5.14. The van der Waals surface area contributed by atoms with Gasteiger partial charge in [-0.25, -0.2) is 9.78 Å². The summed E-state index contributed by atoms with van der Waals surface area (Å²) in [5.74, 6) is -0.376. The van der Waals surface area contributed by atoms with E-state index >= 15 is 0 Å². The van der Waals surface area contributed by atoms with Crippen molar-refractivity contribution in [3.05, 3.63) is 30.1 Å². The minimum atomic E-state index is -0.376. The minimum absolute atomic E-state index is 0.0356. The summed E-state index contributed by atoms with van der Waals surface area (Å²) >= 11 is 0. The number of carbonyl (C=O) groups is 1. The number of benzene rings is 1. The van der Waals surface area contributed by atoms with E-state index in [9.17, 15) is 4.79 Å². The lowest BCUT2D eigenvalue weighted by molar-refractivity contribution is 0.0601. The average Bonchev–Trinajstić information content (AvgIpc) is 2.71. The van der Waals surface area contributed by atoms with Crippen LogP contribution in [0.2, 0.25) is 0 Å². The lowest BCUT2D eigenvalue weighted by Gasteiger charge is -2.02. The lowest BCUT2D eigenvalue weighted by Crippen LogP contribution is -2.03. The summed E-state index contributed by atoms with van der Waals surface area (Å²) in [5, 5.41) is 8.88. The van der Waals surface area contributed by atoms with Gasteiger partial charge in [-0.3, -0.25) is 0 Å². The number of hydrogen-bond donors (Lipinski definition) is 1. The molecular formula is C11H12N2O3. The summed E-state index contributed by atoms with van der Waals surface area (Å²) in [4.78, 5) is 15.5. The van der Waals surface area contributed by atoms with Crippen molar-refractivity contribution in [1.29, 1.82) is 0 Å². The molecule has 2 rings (SSSR count). The Balaban J connectivity index is 2.49. The SMILES string of the molecule is COC(=O)c1ccc2ncn(CCO)c2c1. The van der Waals surface area contributed by atoms with Gasteiger partial charge in [0.15, 0.2) is 0 Å². The normalized spacial score (nSPS) is 10.6. The van der Waals surface area contributed by atoms with Crippen molar-refractivity contribution in [2.75, 3.05) is 13.7 Å². The molecular weight excluding hydrogens is 208 g/mol. The molecule has 0 saturated carbocycles. The van der Waals surface area contributed by atoms with Gasteiger partial charge in [-0.1, -0.05) is 0 Å². The second-order valence-corrected chi connectivity index (χ2v) is 3.36. The van der Waals surface area contributed by atoms with Crippen LogP contribution >= 0.6 is 0 Å². The van der Waals surface area contributed by atoms with Crippen molar-refractivity contribution in [2.45, 2.75) is 6.54 Å². The number of methoxy groups -OCH3 is 1. The predicted molar refractivity (Wildman–Crippen MR) is 58.2 cm³/mol. The van der Waals surface area contributed by atoms with E-state index in [0.29, 0.717) is 12.1 Å². The molecule has 0 aliphatic carbocycles. The molecule has 84 valence electrons. The Bertz CT molecular complexity index is 519. The molecule has 0 aliphatic rings. The fourth-order valence-electron chi connectivity index (χ4n) is 1.59. The highest BCUT2D eigenvalue weighted by atomic mass is 16.5. The number of carbonyl (C=O) groups excluding carboxylic acids is 1. The molecule has 0 atom stereocenters. The van der Waals surface area contributed by atoms with Crippen LogP contribution in [0.15, 0.2) is 24.5 Å². The highest BCUT2D eigenvalue weighted by Gasteiger charge is 2.08. The molecule has 1 heterocycles. The van der Waals surface area contributed by atoms with Crippen molar-refractivity contribution in [1.82, 2.24) is 9.55 Å². The van der Waals surface area contributed by atoms with E-state index in [1.165, 1.54) is 7.11 Å². The van der Waals surface area contributed by atoms with Gasteiger partial charge in [-0.2, -0.15) is 0 Å². The zero-order valence-corrected chi connectivity index (χ0v) is 8.88. The summed E-state index contributed by atoms with van der Waals surface area (Å²) in [6.07, 6.45) is 1.64. The highest BCUT2D eigenvalue weighted by molar-refractivity contribution is 5.93. The number of imidazole rings is 1. The first-order chi connectivity index (χ1) is 7.76. The van der Waals surface area contributed by atoms with Gasteiger partial charge in [0, 0.05) is 6.54 Å². The molecule has 0 fully saturated rings. The van der Waals surface area contributed by atoms with Gasteiger partial charge in [0.25, 0.3) is 0 Å². The van der Waals surface area contributed by atoms with Gasteiger partial charge in [-0.05, 0) is 18.2 Å². The fraction of sp³-hybridized carbons (Fsp3) is 0.273. The molecule has 16 heavy (non-hydrogen) atoms. The zero-order chi connectivity index (χ0) is 11.5. The number of aliphatic hydroxyl groups excluding tert-OH is 1.